The first kappa shape index (κ1) is 14.6. The van der Waals surface area contributed by atoms with Gasteiger partial charge >= 0.3 is 0 Å². The predicted molar refractivity (Wildman–Crippen MR) is 87.8 cm³/mol. The van der Waals surface area contributed by atoms with E-state index in [0.717, 1.165) is 13.1 Å². The Kier molecular flexibility index (Phi) is 4.80. The van der Waals surface area contributed by atoms with E-state index < -0.39 is 0 Å². The highest BCUT2D eigenvalue weighted by Crippen LogP contribution is 2.27. The number of benzene rings is 2. The first-order valence-electron chi connectivity index (χ1n) is 7.23. The van der Waals surface area contributed by atoms with Gasteiger partial charge in [-0.2, -0.15) is 0 Å². The van der Waals surface area contributed by atoms with Gasteiger partial charge in [0.05, 0.1) is 0 Å². The molecule has 20 heavy (non-hydrogen) atoms. The molecule has 0 unspecified atom stereocenters. The number of nitrogens with zero attached hydrogens (tertiary/aromatic N) is 1. The fraction of sp³-hybridized carbons (Fsp3) is 0.333. The van der Waals surface area contributed by atoms with Crippen LogP contribution in [0, 0.1) is 13.8 Å². The maximum absolute atomic E-state index is 3.38. The van der Waals surface area contributed by atoms with E-state index in [9.17, 15) is 0 Å². The van der Waals surface area contributed by atoms with Crippen LogP contribution in [0.3, 0.4) is 0 Å². The highest BCUT2D eigenvalue weighted by atomic mass is 15.1. The highest BCUT2D eigenvalue weighted by Gasteiger charge is 2.08. The lowest BCUT2D eigenvalue weighted by atomic mass is 10.1. The molecule has 2 rings (SSSR count). The van der Waals surface area contributed by atoms with E-state index in [4.69, 9.17) is 0 Å². The first-order valence-corrected chi connectivity index (χ1v) is 7.23. The average molecular weight is 268 g/mol. The van der Waals surface area contributed by atoms with E-state index in [1.165, 1.54) is 28.1 Å². The number of aryl methyl sites for hydroxylation is 2. The van der Waals surface area contributed by atoms with E-state index in [-0.39, 0.29) is 0 Å². The summed E-state index contributed by atoms with van der Waals surface area (Å²) < 4.78 is 0. The SMILES string of the molecule is CCNCc1ccc(N(C)c2ccccc2C)cc1C. The Bertz CT molecular complexity index is 575. The van der Waals surface area contributed by atoms with Crippen LogP contribution >= 0.6 is 0 Å². The van der Waals surface area contributed by atoms with Crippen LogP contribution in [-0.4, -0.2) is 13.6 Å². The number of nitrogens with one attached hydrogen (secondary N) is 1. The van der Waals surface area contributed by atoms with Crippen molar-refractivity contribution in [2.75, 3.05) is 18.5 Å². The minimum absolute atomic E-state index is 0.941. The molecule has 2 heteroatoms. The Morgan fingerprint density at radius 1 is 1.00 bits per heavy atom. The van der Waals surface area contributed by atoms with E-state index in [0.29, 0.717) is 0 Å². The predicted octanol–water partition coefficient (Wildman–Crippen LogP) is 4.18. The standard InChI is InChI=1S/C18H24N2/c1-5-19-13-16-10-11-17(12-15(16)3)20(4)18-9-7-6-8-14(18)2/h6-12,19H,5,13H2,1-4H3. The van der Waals surface area contributed by atoms with Crippen LogP contribution in [0.15, 0.2) is 42.5 Å². The third kappa shape index (κ3) is 3.20. The van der Waals surface area contributed by atoms with Gasteiger partial charge in [-0.15, -0.1) is 0 Å². The molecule has 0 spiro atoms. The summed E-state index contributed by atoms with van der Waals surface area (Å²) in [5.41, 5.74) is 6.49. The summed E-state index contributed by atoms with van der Waals surface area (Å²) in [7, 11) is 2.13. The van der Waals surface area contributed by atoms with Crippen molar-refractivity contribution < 1.29 is 0 Å². The Morgan fingerprint density at radius 2 is 1.75 bits per heavy atom. The smallest absolute Gasteiger partial charge is 0.0437 e. The normalized spacial score (nSPS) is 10.6. The van der Waals surface area contributed by atoms with Crippen molar-refractivity contribution in [3.8, 4) is 0 Å². The summed E-state index contributed by atoms with van der Waals surface area (Å²) in [5.74, 6) is 0. The molecule has 2 aromatic rings. The Morgan fingerprint density at radius 3 is 2.40 bits per heavy atom. The van der Waals surface area contributed by atoms with Crippen LogP contribution in [-0.2, 0) is 6.54 Å². The second-order valence-corrected chi connectivity index (χ2v) is 5.24. The van der Waals surface area contributed by atoms with Gasteiger partial charge in [-0.1, -0.05) is 31.2 Å². The molecule has 2 aromatic carbocycles. The Balaban J connectivity index is 2.25. The molecule has 2 nitrogen and oxygen atoms in total. The lowest BCUT2D eigenvalue weighted by Gasteiger charge is -2.22. The third-order valence-corrected chi connectivity index (χ3v) is 3.76. The molecule has 0 amide bonds. The fourth-order valence-corrected chi connectivity index (χ4v) is 2.43. The Labute approximate surface area is 122 Å². The van der Waals surface area contributed by atoms with E-state index in [1.54, 1.807) is 0 Å². The number of rotatable bonds is 5. The largest absolute Gasteiger partial charge is 0.344 e. The summed E-state index contributed by atoms with van der Waals surface area (Å²) in [4.78, 5) is 2.25. The minimum atomic E-state index is 0.941. The van der Waals surface area contributed by atoms with Gasteiger partial charge in [0, 0.05) is 25.0 Å². The molecular weight excluding hydrogens is 244 g/mol. The number of anilines is 2. The van der Waals surface area contributed by atoms with Crippen LogP contribution < -0.4 is 10.2 Å². The molecule has 0 aliphatic heterocycles. The van der Waals surface area contributed by atoms with Crippen LogP contribution in [0.1, 0.15) is 23.6 Å². The molecule has 0 bridgehead atoms. The van der Waals surface area contributed by atoms with Crippen LogP contribution in [0.25, 0.3) is 0 Å². The quantitative estimate of drug-likeness (QED) is 0.875. The lowest BCUT2D eigenvalue weighted by molar-refractivity contribution is 0.723. The minimum Gasteiger partial charge on any atom is -0.344 e. The van der Waals surface area contributed by atoms with Crippen molar-refractivity contribution >= 4 is 11.4 Å². The summed E-state index contributed by atoms with van der Waals surface area (Å²) in [5, 5.41) is 3.38. The molecule has 106 valence electrons. The second-order valence-electron chi connectivity index (χ2n) is 5.24. The molecule has 0 saturated carbocycles. The van der Waals surface area contributed by atoms with Crippen molar-refractivity contribution in [2.45, 2.75) is 27.3 Å². The highest BCUT2D eigenvalue weighted by molar-refractivity contribution is 5.66. The molecule has 0 aromatic heterocycles. The van der Waals surface area contributed by atoms with Gasteiger partial charge in [-0.05, 0) is 55.3 Å². The zero-order chi connectivity index (χ0) is 14.5. The van der Waals surface area contributed by atoms with Crippen LogP contribution in [0.5, 0.6) is 0 Å². The van der Waals surface area contributed by atoms with Crippen LogP contribution in [0.2, 0.25) is 0 Å². The molecule has 0 fully saturated rings. The zero-order valence-corrected chi connectivity index (χ0v) is 12.9. The molecule has 0 radical (unpaired) electrons. The van der Waals surface area contributed by atoms with Gasteiger partial charge in [0.1, 0.15) is 0 Å². The number of hydrogen-bond acceptors (Lipinski definition) is 2. The van der Waals surface area contributed by atoms with E-state index in [2.05, 4.69) is 80.5 Å². The third-order valence-electron chi connectivity index (χ3n) is 3.76. The number of para-hydroxylation sites is 1. The molecule has 1 N–H and O–H groups in total. The maximum Gasteiger partial charge on any atom is 0.0437 e. The van der Waals surface area contributed by atoms with Crippen molar-refractivity contribution in [1.29, 1.82) is 0 Å². The first-order chi connectivity index (χ1) is 9.63. The maximum atomic E-state index is 3.38. The number of hydrogen-bond donors (Lipinski definition) is 1. The summed E-state index contributed by atoms with van der Waals surface area (Å²) in [6.07, 6.45) is 0. The monoisotopic (exact) mass is 268 g/mol. The van der Waals surface area contributed by atoms with Gasteiger partial charge in [0.25, 0.3) is 0 Å². The van der Waals surface area contributed by atoms with Crippen molar-refractivity contribution in [2.24, 2.45) is 0 Å². The van der Waals surface area contributed by atoms with Gasteiger partial charge in [-0.25, -0.2) is 0 Å². The van der Waals surface area contributed by atoms with E-state index in [1.807, 2.05) is 0 Å². The molecule has 0 aliphatic rings. The molecule has 0 heterocycles. The summed E-state index contributed by atoms with van der Waals surface area (Å²) >= 11 is 0. The van der Waals surface area contributed by atoms with Gasteiger partial charge in [0.15, 0.2) is 0 Å². The van der Waals surface area contributed by atoms with Gasteiger partial charge < -0.3 is 10.2 Å². The summed E-state index contributed by atoms with van der Waals surface area (Å²) in [6, 6.07) is 15.2. The second kappa shape index (κ2) is 6.58. The average Bonchev–Trinajstić information content (AvgIpc) is 2.46. The molecular formula is C18H24N2. The van der Waals surface area contributed by atoms with Gasteiger partial charge in [-0.3, -0.25) is 0 Å². The lowest BCUT2D eigenvalue weighted by Crippen LogP contribution is -2.14. The fourth-order valence-electron chi connectivity index (χ4n) is 2.43. The molecule has 0 atom stereocenters. The zero-order valence-electron chi connectivity index (χ0n) is 12.9. The topological polar surface area (TPSA) is 15.3 Å². The molecule has 0 saturated heterocycles. The van der Waals surface area contributed by atoms with Crippen molar-refractivity contribution in [1.82, 2.24) is 5.32 Å². The Hall–Kier alpha value is -1.80. The van der Waals surface area contributed by atoms with E-state index >= 15 is 0 Å². The van der Waals surface area contributed by atoms with Crippen molar-refractivity contribution in [3.05, 3.63) is 59.2 Å². The van der Waals surface area contributed by atoms with Crippen molar-refractivity contribution in [3.63, 3.8) is 0 Å². The molecule has 0 aliphatic carbocycles. The van der Waals surface area contributed by atoms with Gasteiger partial charge in [0.2, 0.25) is 0 Å². The summed E-state index contributed by atoms with van der Waals surface area (Å²) in [6.45, 7) is 8.41. The van der Waals surface area contributed by atoms with Crippen LogP contribution in [0.4, 0.5) is 11.4 Å².